The van der Waals surface area contributed by atoms with E-state index in [2.05, 4.69) is 11.7 Å². The van der Waals surface area contributed by atoms with Crippen molar-refractivity contribution in [1.82, 2.24) is 0 Å². The van der Waals surface area contributed by atoms with Gasteiger partial charge in [-0.1, -0.05) is 6.92 Å². The zero-order chi connectivity index (χ0) is 15.0. The van der Waals surface area contributed by atoms with Crippen LogP contribution in [0.3, 0.4) is 0 Å². The van der Waals surface area contributed by atoms with E-state index >= 15 is 0 Å². The molecule has 1 aromatic carbocycles. The molecule has 0 aliphatic carbocycles. The number of carbonyl (C=O) groups excluding carboxylic acids is 1. The number of rotatable bonds is 8. The molecular formula is C15H23NO4. The zero-order valence-corrected chi connectivity index (χ0v) is 12.3. The molecule has 0 fully saturated rings. The van der Waals surface area contributed by atoms with Crippen LogP contribution in [0.5, 0.6) is 11.5 Å². The Labute approximate surface area is 120 Å². The summed E-state index contributed by atoms with van der Waals surface area (Å²) in [4.78, 5) is 11.4. The number of esters is 1. The third kappa shape index (κ3) is 5.09. The predicted molar refractivity (Wildman–Crippen MR) is 76.9 cm³/mol. The molecule has 5 heteroatoms. The number of methoxy groups -OCH3 is 1. The highest BCUT2D eigenvalue weighted by Crippen LogP contribution is 2.18. The average molecular weight is 281 g/mol. The van der Waals surface area contributed by atoms with Gasteiger partial charge in [-0.15, -0.1) is 0 Å². The molecule has 0 heterocycles. The number of hydrogen-bond acceptors (Lipinski definition) is 5. The van der Waals surface area contributed by atoms with Crippen LogP contribution in [0.15, 0.2) is 24.3 Å². The summed E-state index contributed by atoms with van der Waals surface area (Å²) >= 11 is 0. The molecule has 1 aromatic rings. The Balaban J connectivity index is 2.40. The van der Waals surface area contributed by atoms with Crippen LogP contribution in [0.1, 0.15) is 26.7 Å². The first-order valence-electron chi connectivity index (χ1n) is 6.72. The van der Waals surface area contributed by atoms with E-state index in [0.29, 0.717) is 19.6 Å². The van der Waals surface area contributed by atoms with Crippen LogP contribution in [0.4, 0.5) is 0 Å². The van der Waals surface area contributed by atoms with Crippen molar-refractivity contribution < 1.29 is 19.0 Å². The maximum Gasteiger partial charge on any atom is 0.325 e. The van der Waals surface area contributed by atoms with Gasteiger partial charge < -0.3 is 19.9 Å². The fourth-order valence-corrected chi connectivity index (χ4v) is 1.57. The van der Waals surface area contributed by atoms with E-state index in [1.54, 1.807) is 6.92 Å². The van der Waals surface area contributed by atoms with E-state index in [4.69, 9.17) is 15.2 Å². The van der Waals surface area contributed by atoms with Gasteiger partial charge >= 0.3 is 5.97 Å². The number of carbonyl (C=O) groups is 1. The fraction of sp³-hybridized carbons (Fsp3) is 0.533. The molecule has 0 radical (unpaired) electrons. The summed E-state index contributed by atoms with van der Waals surface area (Å²) < 4.78 is 15.7. The lowest BCUT2D eigenvalue weighted by molar-refractivity contribution is -0.146. The second-order valence-electron chi connectivity index (χ2n) is 4.83. The maximum atomic E-state index is 11.4. The Bertz CT molecular complexity index is 414. The monoisotopic (exact) mass is 281 g/mol. The Morgan fingerprint density at radius 2 is 1.65 bits per heavy atom. The van der Waals surface area contributed by atoms with Crippen molar-refractivity contribution in [3.8, 4) is 11.5 Å². The van der Waals surface area contributed by atoms with E-state index in [9.17, 15) is 4.79 Å². The van der Waals surface area contributed by atoms with Crippen LogP contribution >= 0.6 is 0 Å². The summed E-state index contributed by atoms with van der Waals surface area (Å²) in [5, 5.41) is 0. The van der Waals surface area contributed by atoms with Crippen molar-refractivity contribution in [3.05, 3.63) is 24.3 Å². The van der Waals surface area contributed by atoms with Gasteiger partial charge in [0.05, 0.1) is 20.3 Å². The highest BCUT2D eigenvalue weighted by atomic mass is 16.5. The molecule has 0 saturated carbocycles. The van der Waals surface area contributed by atoms with Gasteiger partial charge in [0.15, 0.2) is 0 Å². The molecule has 20 heavy (non-hydrogen) atoms. The van der Waals surface area contributed by atoms with Crippen LogP contribution in [0.2, 0.25) is 0 Å². The van der Waals surface area contributed by atoms with Gasteiger partial charge in [0.1, 0.15) is 17.0 Å². The fourth-order valence-electron chi connectivity index (χ4n) is 1.57. The lowest BCUT2D eigenvalue weighted by Crippen LogP contribution is -2.46. The third-order valence-corrected chi connectivity index (χ3v) is 2.84. The van der Waals surface area contributed by atoms with Gasteiger partial charge in [0.2, 0.25) is 0 Å². The zero-order valence-electron chi connectivity index (χ0n) is 12.3. The van der Waals surface area contributed by atoms with E-state index in [0.717, 1.165) is 17.9 Å². The van der Waals surface area contributed by atoms with E-state index in [1.165, 1.54) is 7.11 Å². The van der Waals surface area contributed by atoms with Crippen molar-refractivity contribution >= 4 is 5.97 Å². The predicted octanol–water partition coefficient (Wildman–Crippen LogP) is 2.13. The van der Waals surface area contributed by atoms with Crippen molar-refractivity contribution in [2.45, 2.75) is 32.2 Å². The third-order valence-electron chi connectivity index (χ3n) is 2.84. The summed E-state index contributed by atoms with van der Waals surface area (Å²) in [6.45, 7) is 4.73. The Morgan fingerprint density at radius 1 is 1.15 bits per heavy atom. The number of benzene rings is 1. The minimum atomic E-state index is -1.03. The van der Waals surface area contributed by atoms with Crippen molar-refractivity contribution in [2.24, 2.45) is 5.73 Å². The minimum absolute atomic E-state index is 0.345. The summed E-state index contributed by atoms with van der Waals surface area (Å²) in [6, 6.07) is 7.37. The quantitative estimate of drug-likeness (QED) is 0.739. The SMILES string of the molecule is CCCOc1ccc(OCCC(C)(N)C(=O)OC)cc1. The highest BCUT2D eigenvalue weighted by molar-refractivity contribution is 5.79. The number of hydrogen-bond donors (Lipinski definition) is 1. The lowest BCUT2D eigenvalue weighted by atomic mass is 10.0. The molecule has 2 N–H and O–H groups in total. The molecule has 1 rings (SSSR count). The normalized spacial score (nSPS) is 13.4. The van der Waals surface area contributed by atoms with Crippen LogP contribution in [-0.2, 0) is 9.53 Å². The van der Waals surface area contributed by atoms with Crippen LogP contribution in [0.25, 0.3) is 0 Å². The molecule has 0 aliphatic rings. The van der Waals surface area contributed by atoms with Gasteiger partial charge in [-0.05, 0) is 37.6 Å². The molecule has 112 valence electrons. The summed E-state index contributed by atoms with van der Waals surface area (Å²) in [6.07, 6.45) is 1.36. The Kier molecular flexibility index (Phi) is 6.31. The largest absolute Gasteiger partial charge is 0.494 e. The van der Waals surface area contributed by atoms with Crippen molar-refractivity contribution in [1.29, 1.82) is 0 Å². The average Bonchev–Trinajstić information content (AvgIpc) is 2.45. The van der Waals surface area contributed by atoms with Gasteiger partial charge in [-0.3, -0.25) is 4.79 Å². The topological polar surface area (TPSA) is 70.8 Å². The standard InChI is InChI=1S/C15H23NO4/c1-4-10-19-12-5-7-13(8-6-12)20-11-9-15(2,16)14(17)18-3/h5-8H,4,9-11,16H2,1-3H3. The molecule has 0 amide bonds. The highest BCUT2D eigenvalue weighted by Gasteiger charge is 2.29. The molecule has 0 bridgehead atoms. The van der Waals surface area contributed by atoms with E-state index < -0.39 is 11.5 Å². The van der Waals surface area contributed by atoms with Crippen molar-refractivity contribution in [3.63, 3.8) is 0 Å². The molecule has 5 nitrogen and oxygen atoms in total. The first kappa shape index (κ1) is 16.3. The number of nitrogens with two attached hydrogens (primary N) is 1. The van der Waals surface area contributed by atoms with Gasteiger partial charge in [-0.2, -0.15) is 0 Å². The molecule has 0 aromatic heterocycles. The molecule has 1 atom stereocenters. The second kappa shape index (κ2) is 7.75. The molecule has 0 saturated heterocycles. The molecule has 0 spiro atoms. The van der Waals surface area contributed by atoms with E-state index in [-0.39, 0.29) is 0 Å². The Hall–Kier alpha value is -1.75. The smallest absolute Gasteiger partial charge is 0.325 e. The Morgan fingerprint density at radius 3 is 2.10 bits per heavy atom. The lowest BCUT2D eigenvalue weighted by Gasteiger charge is -2.21. The van der Waals surface area contributed by atoms with Gasteiger partial charge in [0, 0.05) is 6.42 Å². The van der Waals surface area contributed by atoms with Crippen LogP contribution in [0, 0.1) is 0 Å². The number of ether oxygens (including phenoxy) is 3. The van der Waals surface area contributed by atoms with E-state index in [1.807, 2.05) is 24.3 Å². The van der Waals surface area contributed by atoms with Crippen molar-refractivity contribution in [2.75, 3.05) is 20.3 Å². The molecular weight excluding hydrogens is 258 g/mol. The van der Waals surface area contributed by atoms with Crippen LogP contribution < -0.4 is 15.2 Å². The van der Waals surface area contributed by atoms with Crippen LogP contribution in [-0.4, -0.2) is 31.8 Å². The summed E-state index contributed by atoms with van der Waals surface area (Å²) in [5.74, 6) is 1.09. The first-order chi connectivity index (χ1) is 9.49. The van der Waals surface area contributed by atoms with Gasteiger partial charge in [-0.25, -0.2) is 0 Å². The maximum absolute atomic E-state index is 11.4. The molecule has 1 unspecified atom stereocenters. The summed E-state index contributed by atoms with van der Waals surface area (Å²) in [7, 11) is 1.32. The first-order valence-corrected chi connectivity index (χ1v) is 6.72. The van der Waals surface area contributed by atoms with Gasteiger partial charge in [0.25, 0.3) is 0 Å². The minimum Gasteiger partial charge on any atom is -0.494 e. The summed E-state index contributed by atoms with van der Waals surface area (Å²) in [5.41, 5.74) is 4.81. The second-order valence-corrected chi connectivity index (χ2v) is 4.83. The molecule has 0 aliphatic heterocycles.